The van der Waals surface area contributed by atoms with E-state index in [1.54, 1.807) is 6.20 Å². The fraction of sp³-hybridized carbons (Fsp3) is 0.300. The summed E-state index contributed by atoms with van der Waals surface area (Å²) in [4.78, 5) is 15.7. The van der Waals surface area contributed by atoms with Gasteiger partial charge in [-0.2, -0.15) is 0 Å². The summed E-state index contributed by atoms with van der Waals surface area (Å²) >= 11 is 0. The van der Waals surface area contributed by atoms with Gasteiger partial charge in [0.25, 0.3) is 0 Å². The molecule has 3 aromatic rings. The van der Waals surface area contributed by atoms with E-state index in [9.17, 15) is 4.79 Å². The van der Waals surface area contributed by atoms with Crippen molar-refractivity contribution in [2.24, 2.45) is 5.73 Å². The Hall–Kier alpha value is -2.66. The minimum Gasteiger partial charge on any atom is -0.469 e. The molecule has 3 rings (SSSR count). The van der Waals surface area contributed by atoms with E-state index in [-0.39, 0.29) is 5.97 Å². The normalized spacial score (nSPS) is 11.0. The lowest BCUT2D eigenvalue weighted by molar-refractivity contribution is -0.140. The van der Waals surface area contributed by atoms with Crippen LogP contribution in [0.1, 0.15) is 23.1 Å². The standard InChI is InChI=1S/C20H23N3O2/c1-25-20(24)7-10-23-14-17(11-16-3-2-9-22-13-16)18-12-15(6-8-21)4-5-19(18)23/h2-5,9,12-14H,6-8,10-11,21H2,1H3. The number of pyridine rings is 1. The minimum absolute atomic E-state index is 0.199. The van der Waals surface area contributed by atoms with E-state index in [4.69, 9.17) is 10.5 Å². The summed E-state index contributed by atoms with van der Waals surface area (Å²) in [7, 11) is 1.42. The molecule has 2 heterocycles. The molecule has 0 saturated carbocycles. The Bertz CT molecular complexity index is 856. The Labute approximate surface area is 147 Å². The maximum Gasteiger partial charge on any atom is 0.307 e. The van der Waals surface area contributed by atoms with Crippen molar-refractivity contribution in [3.05, 3.63) is 65.6 Å². The SMILES string of the molecule is COC(=O)CCn1cc(Cc2cccnc2)c2cc(CCN)ccc21. The van der Waals surface area contributed by atoms with E-state index >= 15 is 0 Å². The van der Waals surface area contributed by atoms with Crippen LogP contribution in [0.2, 0.25) is 0 Å². The molecule has 2 aromatic heterocycles. The molecule has 0 fully saturated rings. The summed E-state index contributed by atoms with van der Waals surface area (Å²) in [5, 5.41) is 1.21. The average Bonchev–Trinajstić information content (AvgIpc) is 2.98. The van der Waals surface area contributed by atoms with Crippen molar-refractivity contribution in [3.63, 3.8) is 0 Å². The third-order valence-corrected chi connectivity index (χ3v) is 4.36. The molecule has 1 aromatic carbocycles. The number of esters is 1. The van der Waals surface area contributed by atoms with Gasteiger partial charge in [-0.25, -0.2) is 0 Å². The van der Waals surface area contributed by atoms with Crippen LogP contribution in [0, 0.1) is 0 Å². The first kappa shape index (κ1) is 17.2. The van der Waals surface area contributed by atoms with E-state index in [2.05, 4.69) is 40.0 Å². The number of methoxy groups -OCH3 is 1. The minimum atomic E-state index is -0.199. The molecule has 25 heavy (non-hydrogen) atoms. The lowest BCUT2D eigenvalue weighted by atomic mass is 10.0. The molecule has 5 nitrogen and oxygen atoms in total. The zero-order chi connectivity index (χ0) is 17.6. The van der Waals surface area contributed by atoms with Crippen LogP contribution in [0.4, 0.5) is 0 Å². The number of rotatable bonds is 7. The Balaban J connectivity index is 1.97. The van der Waals surface area contributed by atoms with Crippen LogP contribution in [0.15, 0.2) is 48.9 Å². The van der Waals surface area contributed by atoms with Crippen molar-refractivity contribution in [2.75, 3.05) is 13.7 Å². The number of nitrogens with two attached hydrogens (primary N) is 1. The van der Waals surface area contributed by atoms with Gasteiger partial charge in [-0.15, -0.1) is 0 Å². The molecular weight excluding hydrogens is 314 g/mol. The second-order valence-corrected chi connectivity index (χ2v) is 6.10. The summed E-state index contributed by atoms with van der Waals surface area (Å²) in [6.07, 6.45) is 7.82. The first-order valence-corrected chi connectivity index (χ1v) is 8.47. The van der Waals surface area contributed by atoms with Gasteiger partial charge < -0.3 is 15.0 Å². The molecule has 2 N–H and O–H groups in total. The van der Waals surface area contributed by atoms with Gasteiger partial charge in [-0.3, -0.25) is 9.78 Å². The molecular formula is C20H23N3O2. The van der Waals surface area contributed by atoms with Crippen LogP contribution in [-0.4, -0.2) is 29.2 Å². The van der Waals surface area contributed by atoms with Crippen LogP contribution in [0.5, 0.6) is 0 Å². The van der Waals surface area contributed by atoms with E-state index < -0.39 is 0 Å². The fourth-order valence-electron chi connectivity index (χ4n) is 3.10. The van der Waals surface area contributed by atoms with Gasteiger partial charge in [-0.05, 0) is 47.9 Å². The number of fused-ring (bicyclic) bond motifs is 1. The van der Waals surface area contributed by atoms with Crippen molar-refractivity contribution in [2.45, 2.75) is 25.8 Å². The topological polar surface area (TPSA) is 70.1 Å². The lowest BCUT2D eigenvalue weighted by Gasteiger charge is -2.05. The Kier molecular flexibility index (Phi) is 5.46. The molecule has 0 aliphatic carbocycles. The summed E-state index contributed by atoms with van der Waals surface area (Å²) in [5.41, 5.74) is 10.5. The van der Waals surface area contributed by atoms with Crippen LogP contribution in [0.25, 0.3) is 10.9 Å². The van der Waals surface area contributed by atoms with Gasteiger partial charge in [0.1, 0.15) is 0 Å². The average molecular weight is 337 g/mol. The highest BCUT2D eigenvalue weighted by atomic mass is 16.5. The molecule has 0 unspecified atom stereocenters. The molecule has 0 saturated heterocycles. The number of benzene rings is 1. The zero-order valence-electron chi connectivity index (χ0n) is 14.4. The molecule has 0 aliphatic heterocycles. The van der Waals surface area contributed by atoms with Crippen LogP contribution < -0.4 is 5.73 Å². The zero-order valence-corrected chi connectivity index (χ0v) is 14.4. The molecule has 0 spiro atoms. The van der Waals surface area contributed by atoms with E-state index in [0.29, 0.717) is 19.5 Å². The monoisotopic (exact) mass is 337 g/mol. The van der Waals surface area contributed by atoms with Crippen molar-refractivity contribution >= 4 is 16.9 Å². The highest BCUT2D eigenvalue weighted by molar-refractivity contribution is 5.85. The highest BCUT2D eigenvalue weighted by Gasteiger charge is 2.11. The quantitative estimate of drug-likeness (QED) is 0.673. The number of carbonyl (C=O) groups excluding carboxylic acids is 1. The molecule has 0 atom stereocenters. The highest BCUT2D eigenvalue weighted by Crippen LogP contribution is 2.25. The Morgan fingerprint density at radius 2 is 2.16 bits per heavy atom. The number of carbonyl (C=O) groups is 1. The maximum atomic E-state index is 11.5. The predicted molar refractivity (Wildman–Crippen MR) is 98.4 cm³/mol. The second-order valence-electron chi connectivity index (χ2n) is 6.10. The van der Waals surface area contributed by atoms with Gasteiger partial charge in [0.2, 0.25) is 0 Å². The Morgan fingerprint density at radius 3 is 2.88 bits per heavy atom. The van der Waals surface area contributed by atoms with Gasteiger partial charge >= 0.3 is 5.97 Å². The fourth-order valence-corrected chi connectivity index (χ4v) is 3.10. The predicted octanol–water partition coefficient (Wildman–Crippen LogP) is 2.69. The third-order valence-electron chi connectivity index (χ3n) is 4.36. The first-order chi connectivity index (χ1) is 12.2. The molecule has 0 bridgehead atoms. The maximum absolute atomic E-state index is 11.5. The van der Waals surface area contributed by atoms with Crippen LogP contribution >= 0.6 is 0 Å². The number of aromatic nitrogens is 2. The van der Waals surface area contributed by atoms with Crippen molar-refractivity contribution in [1.82, 2.24) is 9.55 Å². The van der Waals surface area contributed by atoms with E-state index in [0.717, 1.165) is 18.4 Å². The lowest BCUT2D eigenvalue weighted by Crippen LogP contribution is -2.06. The number of nitrogens with zero attached hydrogens (tertiary/aromatic N) is 2. The molecule has 0 aliphatic rings. The molecule has 5 heteroatoms. The van der Waals surface area contributed by atoms with Crippen molar-refractivity contribution in [3.8, 4) is 0 Å². The number of aryl methyl sites for hydroxylation is 1. The first-order valence-electron chi connectivity index (χ1n) is 8.47. The number of hydrogen-bond donors (Lipinski definition) is 1. The van der Waals surface area contributed by atoms with Crippen LogP contribution in [0.3, 0.4) is 0 Å². The van der Waals surface area contributed by atoms with Crippen LogP contribution in [-0.2, 0) is 28.9 Å². The number of hydrogen-bond acceptors (Lipinski definition) is 4. The smallest absolute Gasteiger partial charge is 0.307 e. The van der Waals surface area contributed by atoms with E-state index in [1.165, 1.54) is 29.2 Å². The third kappa shape index (κ3) is 4.06. The second kappa shape index (κ2) is 7.94. The summed E-state index contributed by atoms with van der Waals surface area (Å²) in [5.74, 6) is -0.199. The van der Waals surface area contributed by atoms with Crippen molar-refractivity contribution in [1.29, 1.82) is 0 Å². The largest absolute Gasteiger partial charge is 0.469 e. The number of ether oxygens (including phenoxy) is 1. The van der Waals surface area contributed by atoms with E-state index in [1.807, 2.05) is 12.3 Å². The Morgan fingerprint density at radius 1 is 1.28 bits per heavy atom. The molecule has 0 radical (unpaired) electrons. The van der Waals surface area contributed by atoms with Crippen molar-refractivity contribution < 1.29 is 9.53 Å². The summed E-state index contributed by atoms with van der Waals surface area (Å²) in [6.45, 7) is 1.24. The summed E-state index contributed by atoms with van der Waals surface area (Å²) in [6, 6.07) is 10.5. The van der Waals surface area contributed by atoms with Gasteiger partial charge in [0, 0.05) is 42.5 Å². The summed E-state index contributed by atoms with van der Waals surface area (Å²) < 4.78 is 6.89. The van der Waals surface area contributed by atoms with Gasteiger partial charge in [0.05, 0.1) is 13.5 Å². The molecule has 130 valence electrons. The molecule has 0 amide bonds. The van der Waals surface area contributed by atoms with Gasteiger partial charge in [0.15, 0.2) is 0 Å². The van der Waals surface area contributed by atoms with Gasteiger partial charge in [-0.1, -0.05) is 12.1 Å².